The maximum absolute atomic E-state index is 12.4. The smallest absolute Gasteiger partial charge is 0.237 e. The van der Waals surface area contributed by atoms with Crippen molar-refractivity contribution in [2.24, 2.45) is 0 Å². The van der Waals surface area contributed by atoms with Gasteiger partial charge >= 0.3 is 0 Å². The summed E-state index contributed by atoms with van der Waals surface area (Å²) in [6, 6.07) is 15.0. The number of rotatable bonds is 6. The third kappa shape index (κ3) is 5.09. The molecule has 0 radical (unpaired) electrons. The molecule has 0 unspecified atom stereocenters. The Balaban J connectivity index is 1.59. The van der Waals surface area contributed by atoms with E-state index in [1.54, 1.807) is 24.3 Å². The normalized spacial score (nSPS) is 11.5. The van der Waals surface area contributed by atoms with E-state index >= 15 is 0 Å². The Morgan fingerprint density at radius 2 is 1.96 bits per heavy atom. The molecule has 1 amide bonds. The first-order chi connectivity index (χ1) is 13.4. The Hall–Kier alpha value is -2.89. The third-order valence-corrected chi connectivity index (χ3v) is 6.09. The highest BCUT2D eigenvalue weighted by molar-refractivity contribution is 8.02. The number of nitrogens with zero attached hydrogens (tertiary/aromatic N) is 3. The van der Waals surface area contributed by atoms with Gasteiger partial charge in [-0.2, -0.15) is 5.26 Å². The fraction of sp³-hybridized carbons (Fsp3) is 0.200. The van der Waals surface area contributed by atoms with Gasteiger partial charge in [-0.05, 0) is 62.2 Å². The minimum absolute atomic E-state index is 0.154. The van der Waals surface area contributed by atoms with Crippen LogP contribution in [0.5, 0.6) is 0 Å². The second-order valence-electron chi connectivity index (χ2n) is 6.24. The standard InChI is InChI=1S/C20H19N5OS2/c1-12-7-8-17(9-13(12)2)23-19-24-25-20(28-19)27-14(3)18(26)22-16-6-4-5-15(10-16)11-21/h4-10,14H,1-3H3,(H,22,26)(H,23,24)/t14-/m0/s1. The molecule has 2 N–H and O–H groups in total. The van der Waals surface area contributed by atoms with Crippen LogP contribution in [-0.4, -0.2) is 21.4 Å². The molecule has 142 valence electrons. The summed E-state index contributed by atoms with van der Waals surface area (Å²) in [4.78, 5) is 12.4. The minimum atomic E-state index is -0.354. The highest BCUT2D eigenvalue weighted by atomic mass is 32.2. The molecule has 6 nitrogen and oxygen atoms in total. The second kappa shape index (κ2) is 8.87. The van der Waals surface area contributed by atoms with Crippen molar-refractivity contribution in [2.45, 2.75) is 30.4 Å². The van der Waals surface area contributed by atoms with E-state index in [-0.39, 0.29) is 11.2 Å². The molecule has 0 aliphatic heterocycles. The number of anilines is 3. The maximum atomic E-state index is 12.4. The lowest BCUT2D eigenvalue weighted by molar-refractivity contribution is -0.115. The van der Waals surface area contributed by atoms with Gasteiger partial charge in [-0.15, -0.1) is 10.2 Å². The molecule has 0 aliphatic rings. The predicted molar refractivity (Wildman–Crippen MR) is 114 cm³/mol. The van der Waals surface area contributed by atoms with E-state index in [0.717, 1.165) is 5.69 Å². The molecule has 1 atom stereocenters. The number of hydrogen-bond donors (Lipinski definition) is 2. The first-order valence-electron chi connectivity index (χ1n) is 8.60. The van der Waals surface area contributed by atoms with Crippen molar-refractivity contribution in [1.82, 2.24) is 10.2 Å². The average molecular weight is 410 g/mol. The monoisotopic (exact) mass is 409 g/mol. The molecule has 3 aromatic rings. The highest BCUT2D eigenvalue weighted by Crippen LogP contribution is 2.31. The maximum Gasteiger partial charge on any atom is 0.237 e. The molecule has 2 aromatic carbocycles. The quantitative estimate of drug-likeness (QED) is 0.563. The molecule has 0 saturated carbocycles. The van der Waals surface area contributed by atoms with E-state index in [1.807, 2.05) is 13.0 Å². The fourth-order valence-electron chi connectivity index (χ4n) is 2.37. The average Bonchev–Trinajstić information content (AvgIpc) is 3.11. The fourth-order valence-corrected chi connectivity index (χ4v) is 4.28. The van der Waals surface area contributed by atoms with Crippen LogP contribution >= 0.6 is 23.1 Å². The molecule has 0 spiro atoms. The van der Waals surface area contributed by atoms with Crippen LogP contribution in [0.4, 0.5) is 16.5 Å². The van der Waals surface area contributed by atoms with Gasteiger partial charge < -0.3 is 10.6 Å². The van der Waals surface area contributed by atoms with Crippen LogP contribution < -0.4 is 10.6 Å². The number of nitrogens with one attached hydrogen (secondary N) is 2. The summed E-state index contributed by atoms with van der Waals surface area (Å²) in [5.41, 5.74) is 4.50. The molecule has 1 heterocycles. The molecule has 0 bridgehead atoms. The Labute approximate surface area is 172 Å². The summed E-state index contributed by atoms with van der Waals surface area (Å²) in [5.74, 6) is -0.154. The minimum Gasteiger partial charge on any atom is -0.330 e. The van der Waals surface area contributed by atoms with Gasteiger partial charge in [0.25, 0.3) is 0 Å². The van der Waals surface area contributed by atoms with Gasteiger partial charge in [-0.25, -0.2) is 0 Å². The predicted octanol–water partition coefficient (Wildman–Crippen LogP) is 4.89. The Morgan fingerprint density at radius 3 is 2.71 bits per heavy atom. The van der Waals surface area contributed by atoms with E-state index in [4.69, 9.17) is 5.26 Å². The summed E-state index contributed by atoms with van der Waals surface area (Å²) >= 11 is 2.75. The number of thioether (sulfide) groups is 1. The number of hydrogen-bond acceptors (Lipinski definition) is 7. The molecular formula is C20H19N5OS2. The Morgan fingerprint density at radius 1 is 1.14 bits per heavy atom. The van der Waals surface area contributed by atoms with Crippen molar-refractivity contribution in [3.05, 3.63) is 59.2 Å². The summed E-state index contributed by atoms with van der Waals surface area (Å²) in [6.07, 6.45) is 0. The van der Waals surface area contributed by atoms with Crippen LogP contribution in [0.2, 0.25) is 0 Å². The third-order valence-electron chi connectivity index (χ3n) is 4.07. The molecule has 3 rings (SSSR count). The topological polar surface area (TPSA) is 90.7 Å². The van der Waals surface area contributed by atoms with Crippen molar-refractivity contribution in [3.63, 3.8) is 0 Å². The van der Waals surface area contributed by atoms with Crippen LogP contribution in [0, 0.1) is 25.2 Å². The van der Waals surface area contributed by atoms with Crippen LogP contribution in [-0.2, 0) is 4.79 Å². The van der Waals surface area contributed by atoms with Gasteiger partial charge in [0.05, 0.1) is 16.9 Å². The highest BCUT2D eigenvalue weighted by Gasteiger charge is 2.17. The van der Waals surface area contributed by atoms with Crippen LogP contribution in [0.3, 0.4) is 0 Å². The molecule has 0 fully saturated rings. The number of nitriles is 1. The van der Waals surface area contributed by atoms with E-state index in [0.29, 0.717) is 20.7 Å². The number of carbonyl (C=O) groups is 1. The van der Waals surface area contributed by atoms with Crippen molar-refractivity contribution < 1.29 is 4.79 Å². The summed E-state index contributed by atoms with van der Waals surface area (Å²) in [7, 11) is 0. The first-order valence-corrected chi connectivity index (χ1v) is 10.3. The van der Waals surface area contributed by atoms with Crippen molar-refractivity contribution >= 4 is 45.5 Å². The Kier molecular flexibility index (Phi) is 6.29. The van der Waals surface area contributed by atoms with E-state index in [9.17, 15) is 4.79 Å². The van der Waals surface area contributed by atoms with Crippen molar-refractivity contribution in [1.29, 1.82) is 5.26 Å². The summed E-state index contributed by atoms with van der Waals surface area (Å²) in [6.45, 7) is 5.95. The largest absolute Gasteiger partial charge is 0.330 e. The molecule has 8 heteroatoms. The van der Waals surface area contributed by atoms with Gasteiger partial charge in [-0.3, -0.25) is 4.79 Å². The van der Waals surface area contributed by atoms with Crippen LogP contribution in [0.15, 0.2) is 46.8 Å². The second-order valence-corrected chi connectivity index (χ2v) is 8.80. The molecular weight excluding hydrogens is 390 g/mol. The van der Waals surface area contributed by atoms with E-state index in [1.165, 1.54) is 34.2 Å². The number of aromatic nitrogens is 2. The lowest BCUT2D eigenvalue weighted by Crippen LogP contribution is -2.22. The van der Waals surface area contributed by atoms with Crippen LogP contribution in [0.1, 0.15) is 23.6 Å². The zero-order valence-corrected chi connectivity index (χ0v) is 17.3. The molecule has 0 saturated heterocycles. The first kappa shape index (κ1) is 19.9. The van der Waals surface area contributed by atoms with Gasteiger partial charge in [0.2, 0.25) is 11.0 Å². The Bertz CT molecular complexity index is 1040. The zero-order valence-electron chi connectivity index (χ0n) is 15.7. The number of carbonyl (C=O) groups excluding carboxylic acids is 1. The summed E-state index contributed by atoms with van der Waals surface area (Å²) in [5, 5.41) is 23.7. The lowest BCUT2D eigenvalue weighted by atomic mass is 10.1. The van der Waals surface area contributed by atoms with Gasteiger partial charge in [0.1, 0.15) is 0 Å². The zero-order chi connectivity index (χ0) is 20.1. The van der Waals surface area contributed by atoms with Crippen molar-refractivity contribution in [2.75, 3.05) is 10.6 Å². The number of benzene rings is 2. The van der Waals surface area contributed by atoms with Gasteiger partial charge in [0.15, 0.2) is 4.34 Å². The van der Waals surface area contributed by atoms with E-state index < -0.39 is 0 Å². The summed E-state index contributed by atoms with van der Waals surface area (Å²) < 4.78 is 0.708. The number of aryl methyl sites for hydroxylation is 2. The van der Waals surface area contributed by atoms with Gasteiger partial charge in [-0.1, -0.05) is 35.2 Å². The molecule has 28 heavy (non-hydrogen) atoms. The van der Waals surface area contributed by atoms with E-state index in [2.05, 4.69) is 52.9 Å². The lowest BCUT2D eigenvalue weighted by Gasteiger charge is -2.10. The van der Waals surface area contributed by atoms with Crippen molar-refractivity contribution in [3.8, 4) is 6.07 Å². The number of amides is 1. The van der Waals surface area contributed by atoms with Gasteiger partial charge in [0, 0.05) is 11.4 Å². The molecule has 1 aromatic heterocycles. The van der Waals surface area contributed by atoms with Crippen LogP contribution in [0.25, 0.3) is 0 Å². The molecule has 0 aliphatic carbocycles. The SMILES string of the molecule is Cc1ccc(Nc2nnc(S[C@@H](C)C(=O)Nc3cccc(C#N)c3)s2)cc1C.